The van der Waals surface area contributed by atoms with E-state index in [9.17, 15) is 4.79 Å². The molecule has 2 aromatic carbocycles. The summed E-state index contributed by atoms with van der Waals surface area (Å²) < 4.78 is 2.32. The van der Waals surface area contributed by atoms with Crippen molar-refractivity contribution in [2.45, 2.75) is 65.0 Å². The van der Waals surface area contributed by atoms with Gasteiger partial charge < -0.3 is 14.8 Å². The molecule has 1 saturated carbocycles. The Kier molecular flexibility index (Phi) is 6.33. The topological polar surface area (TPSA) is 50.2 Å². The zero-order chi connectivity index (χ0) is 22.9. The summed E-state index contributed by atoms with van der Waals surface area (Å²) in [5.41, 5.74) is 5.91. The van der Waals surface area contributed by atoms with Crippen molar-refractivity contribution in [3.05, 3.63) is 58.1 Å². The van der Waals surface area contributed by atoms with E-state index in [2.05, 4.69) is 52.9 Å². The molecule has 2 fully saturated rings. The number of halogens is 1. The average Bonchev–Trinajstić information content (AvgIpc) is 3.44. The Morgan fingerprint density at radius 3 is 2.39 bits per heavy atom. The summed E-state index contributed by atoms with van der Waals surface area (Å²) >= 11 is 6.11. The summed E-state index contributed by atoms with van der Waals surface area (Å²) in [7, 11) is 0. The van der Waals surface area contributed by atoms with Gasteiger partial charge in [-0.1, -0.05) is 36.6 Å². The lowest BCUT2D eigenvalue weighted by atomic mass is 9.95. The van der Waals surface area contributed by atoms with Crippen molar-refractivity contribution in [2.24, 2.45) is 5.92 Å². The number of benzene rings is 2. The van der Waals surface area contributed by atoms with E-state index < -0.39 is 0 Å². The fourth-order valence-electron chi connectivity index (χ4n) is 5.27. The van der Waals surface area contributed by atoms with Crippen molar-refractivity contribution in [3.8, 4) is 0 Å². The maximum atomic E-state index is 12.8. The number of aryl methyl sites for hydroxylation is 2. The van der Waals surface area contributed by atoms with Gasteiger partial charge in [0.2, 0.25) is 11.9 Å². The lowest BCUT2D eigenvalue weighted by Crippen LogP contribution is -2.43. The minimum atomic E-state index is 0.112. The number of hydrogen-bond donors (Lipinski definition) is 1. The highest BCUT2D eigenvalue weighted by atomic mass is 35.5. The van der Waals surface area contributed by atoms with Crippen LogP contribution in [0.5, 0.6) is 0 Å². The minimum absolute atomic E-state index is 0.112. The molecule has 1 aliphatic carbocycles. The summed E-state index contributed by atoms with van der Waals surface area (Å²) in [4.78, 5) is 20.2. The molecule has 2 heterocycles. The third-order valence-corrected chi connectivity index (χ3v) is 7.70. The normalized spacial score (nSPS) is 17.7. The van der Waals surface area contributed by atoms with Crippen LogP contribution < -0.4 is 10.2 Å². The van der Waals surface area contributed by atoms with Gasteiger partial charge in [-0.05, 0) is 80.5 Å². The highest BCUT2D eigenvalue weighted by Gasteiger charge is 2.29. The van der Waals surface area contributed by atoms with Crippen molar-refractivity contribution in [1.29, 1.82) is 0 Å². The minimum Gasteiger partial charge on any atom is -0.353 e. The largest absolute Gasteiger partial charge is 0.353 e. The Balaban J connectivity index is 1.38. The molecule has 1 saturated heterocycles. The highest BCUT2D eigenvalue weighted by molar-refractivity contribution is 6.30. The predicted octanol–water partition coefficient (Wildman–Crippen LogP) is 5.63. The number of nitrogens with zero attached hydrogens (tertiary/aromatic N) is 3. The first-order chi connectivity index (χ1) is 16.0. The number of carbonyl (C=O) groups excluding carboxylic acids is 1. The monoisotopic (exact) mass is 464 g/mol. The number of nitrogens with one attached hydrogen (secondary N) is 1. The Morgan fingerprint density at radius 2 is 1.70 bits per heavy atom. The molecule has 1 N–H and O–H groups in total. The molecular weight excluding hydrogens is 432 g/mol. The van der Waals surface area contributed by atoms with E-state index in [0.717, 1.165) is 67.3 Å². The molecule has 174 valence electrons. The van der Waals surface area contributed by atoms with E-state index in [1.807, 2.05) is 12.1 Å². The van der Waals surface area contributed by atoms with Gasteiger partial charge in [0.25, 0.3) is 0 Å². The third-order valence-electron chi connectivity index (χ3n) is 7.45. The number of hydrogen-bond acceptors (Lipinski definition) is 3. The molecule has 2 aliphatic rings. The highest BCUT2D eigenvalue weighted by Crippen LogP contribution is 2.30. The van der Waals surface area contributed by atoms with Crippen LogP contribution in [0, 0.1) is 19.8 Å². The quantitative estimate of drug-likeness (QED) is 0.532. The number of rotatable bonds is 5. The second-order valence-corrected chi connectivity index (χ2v) is 10.2. The first kappa shape index (κ1) is 22.3. The van der Waals surface area contributed by atoms with E-state index in [0.29, 0.717) is 6.04 Å². The van der Waals surface area contributed by atoms with E-state index in [1.165, 1.54) is 29.5 Å². The second-order valence-electron chi connectivity index (χ2n) is 9.80. The van der Waals surface area contributed by atoms with Crippen LogP contribution >= 0.6 is 11.6 Å². The number of piperidine rings is 1. The summed E-state index contributed by atoms with van der Waals surface area (Å²) in [6.45, 7) is 6.74. The molecule has 5 rings (SSSR count). The molecule has 6 heteroatoms. The van der Waals surface area contributed by atoms with Gasteiger partial charge in [-0.15, -0.1) is 0 Å². The lowest BCUT2D eigenvalue weighted by molar-refractivity contribution is -0.126. The van der Waals surface area contributed by atoms with E-state index in [-0.39, 0.29) is 11.8 Å². The zero-order valence-electron chi connectivity index (χ0n) is 19.6. The summed E-state index contributed by atoms with van der Waals surface area (Å²) in [5, 5.41) is 4.05. The van der Waals surface area contributed by atoms with Crippen LogP contribution in [0.15, 0.2) is 36.4 Å². The van der Waals surface area contributed by atoms with Gasteiger partial charge in [-0.2, -0.15) is 0 Å². The second kappa shape index (κ2) is 9.38. The number of aromatic nitrogens is 2. The molecule has 5 nitrogen and oxygen atoms in total. The van der Waals surface area contributed by atoms with Crippen LogP contribution in [0.1, 0.15) is 55.2 Å². The maximum absolute atomic E-state index is 12.8. The van der Waals surface area contributed by atoms with Crippen molar-refractivity contribution >= 4 is 34.5 Å². The number of anilines is 1. The molecule has 1 aliphatic heterocycles. The van der Waals surface area contributed by atoms with Crippen LogP contribution in [0.25, 0.3) is 11.0 Å². The molecule has 1 amide bonds. The Morgan fingerprint density at radius 1 is 1.03 bits per heavy atom. The van der Waals surface area contributed by atoms with Crippen molar-refractivity contribution in [1.82, 2.24) is 14.9 Å². The molecule has 0 spiro atoms. The van der Waals surface area contributed by atoms with Crippen LogP contribution in [-0.2, 0) is 11.3 Å². The number of fused-ring (bicyclic) bond motifs is 1. The molecule has 0 atom stereocenters. The summed E-state index contributed by atoms with van der Waals surface area (Å²) in [6, 6.07) is 12.9. The predicted molar refractivity (Wildman–Crippen MR) is 135 cm³/mol. The van der Waals surface area contributed by atoms with Gasteiger partial charge in [0.1, 0.15) is 0 Å². The summed E-state index contributed by atoms with van der Waals surface area (Å²) in [6.07, 6.45) is 6.51. The van der Waals surface area contributed by atoms with Crippen LogP contribution in [0.3, 0.4) is 0 Å². The molecule has 1 aromatic heterocycles. The summed E-state index contributed by atoms with van der Waals surface area (Å²) in [5.74, 6) is 1.36. The number of imidazole rings is 1. The third kappa shape index (κ3) is 4.74. The van der Waals surface area contributed by atoms with E-state index >= 15 is 0 Å². The fourth-order valence-corrected chi connectivity index (χ4v) is 5.39. The average molecular weight is 465 g/mol. The Labute approximate surface area is 201 Å². The lowest BCUT2D eigenvalue weighted by Gasteiger charge is -2.33. The molecule has 33 heavy (non-hydrogen) atoms. The molecule has 0 bridgehead atoms. The molecule has 3 aromatic rings. The molecular formula is C27H33ClN4O. The Bertz CT molecular complexity index is 1140. The van der Waals surface area contributed by atoms with Gasteiger partial charge in [0.05, 0.1) is 17.6 Å². The Hall–Kier alpha value is -2.53. The van der Waals surface area contributed by atoms with Crippen molar-refractivity contribution in [3.63, 3.8) is 0 Å². The van der Waals surface area contributed by atoms with E-state index in [4.69, 9.17) is 16.6 Å². The number of amides is 1. The standard InChI is InChI=1S/C27H33ClN4O/c1-18-15-24-25(16-19(18)2)32(17-20-7-9-22(28)10-8-20)27(30-24)31-13-11-21(12-14-31)26(33)29-23-5-3-4-6-23/h7-10,15-16,21,23H,3-6,11-14,17H2,1-2H3,(H,29,33). The van der Waals surface area contributed by atoms with Gasteiger partial charge >= 0.3 is 0 Å². The van der Waals surface area contributed by atoms with Crippen LogP contribution in [-0.4, -0.2) is 34.6 Å². The van der Waals surface area contributed by atoms with Gasteiger partial charge in [0.15, 0.2) is 0 Å². The van der Waals surface area contributed by atoms with Gasteiger partial charge in [0, 0.05) is 30.1 Å². The van der Waals surface area contributed by atoms with Gasteiger partial charge in [-0.3, -0.25) is 4.79 Å². The molecule has 0 unspecified atom stereocenters. The van der Waals surface area contributed by atoms with Gasteiger partial charge in [-0.25, -0.2) is 4.98 Å². The molecule has 0 radical (unpaired) electrons. The van der Waals surface area contributed by atoms with Crippen LogP contribution in [0.2, 0.25) is 5.02 Å². The fraction of sp³-hybridized carbons (Fsp3) is 0.481. The van der Waals surface area contributed by atoms with Crippen LogP contribution in [0.4, 0.5) is 5.95 Å². The SMILES string of the molecule is Cc1cc2nc(N3CCC(C(=O)NC4CCCC4)CC3)n(Cc3ccc(Cl)cc3)c2cc1C. The smallest absolute Gasteiger partial charge is 0.223 e. The number of carbonyl (C=O) groups is 1. The zero-order valence-corrected chi connectivity index (χ0v) is 20.4. The first-order valence-electron chi connectivity index (χ1n) is 12.2. The van der Waals surface area contributed by atoms with E-state index in [1.54, 1.807) is 0 Å². The van der Waals surface area contributed by atoms with Crippen molar-refractivity contribution < 1.29 is 4.79 Å². The van der Waals surface area contributed by atoms with Crippen molar-refractivity contribution in [2.75, 3.05) is 18.0 Å². The maximum Gasteiger partial charge on any atom is 0.223 e. The first-order valence-corrected chi connectivity index (χ1v) is 12.6.